The summed E-state index contributed by atoms with van der Waals surface area (Å²) in [6.45, 7) is 5.12. The van der Waals surface area contributed by atoms with Gasteiger partial charge in [0.25, 0.3) is 0 Å². The van der Waals surface area contributed by atoms with Crippen molar-refractivity contribution < 1.29 is 22.7 Å². The number of nitrogens with zero attached hydrogens (tertiary/aromatic N) is 1. The highest BCUT2D eigenvalue weighted by molar-refractivity contribution is 14.0. The van der Waals surface area contributed by atoms with Gasteiger partial charge in [0.1, 0.15) is 11.9 Å². The molecule has 1 aromatic carbocycles. The van der Waals surface area contributed by atoms with Gasteiger partial charge in [0.2, 0.25) is 0 Å². The van der Waals surface area contributed by atoms with E-state index in [1.165, 1.54) is 18.4 Å². The second-order valence-corrected chi connectivity index (χ2v) is 6.49. The summed E-state index contributed by atoms with van der Waals surface area (Å²) in [4.78, 5) is 4.32. The van der Waals surface area contributed by atoms with E-state index in [2.05, 4.69) is 15.6 Å². The van der Waals surface area contributed by atoms with Crippen LogP contribution in [0.2, 0.25) is 0 Å². The smallest absolute Gasteiger partial charge is 0.416 e. The van der Waals surface area contributed by atoms with Crippen molar-refractivity contribution >= 4 is 29.9 Å². The Bertz CT molecular complexity index is 752. The highest BCUT2D eigenvalue weighted by atomic mass is 127. The van der Waals surface area contributed by atoms with Gasteiger partial charge in [-0.2, -0.15) is 13.2 Å². The Morgan fingerprint density at radius 2 is 1.97 bits per heavy atom. The molecule has 0 radical (unpaired) electrons. The third kappa shape index (κ3) is 8.25. The average molecular weight is 525 g/mol. The summed E-state index contributed by atoms with van der Waals surface area (Å²) in [6, 6.07) is 8.79. The molecule has 0 saturated heterocycles. The summed E-state index contributed by atoms with van der Waals surface area (Å²) < 4.78 is 43.7. The molecule has 9 heteroatoms. The summed E-state index contributed by atoms with van der Waals surface area (Å²) in [5.41, 5.74) is 0.0124. The van der Waals surface area contributed by atoms with Crippen LogP contribution in [0.3, 0.4) is 0 Å². The topological polar surface area (TPSA) is 69.8 Å². The van der Waals surface area contributed by atoms with Gasteiger partial charge in [0.05, 0.1) is 18.4 Å². The highest BCUT2D eigenvalue weighted by Crippen LogP contribution is 2.31. The van der Waals surface area contributed by atoms with Crippen molar-refractivity contribution in [3.8, 4) is 0 Å². The van der Waals surface area contributed by atoms with E-state index in [-0.39, 0.29) is 36.4 Å². The Morgan fingerprint density at radius 3 is 2.59 bits per heavy atom. The molecule has 2 unspecified atom stereocenters. The predicted molar refractivity (Wildman–Crippen MR) is 118 cm³/mol. The zero-order chi connectivity index (χ0) is 20.6. The molecule has 162 valence electrons. The quantitative estimate of drug-likeness (QED) is 0.266. The number of nitrogens with one attached hydrogen (secondary N) is 2. The minimum absolute atomic E-state index is 0. The molecule has 0 aliphatic carbocycles. The van der Waals surface area contributed by atoms with Gasteiger partial charge in [-0.25, -0.2) is 0 Å². The molecule has 2 rings (SSSR count). The zero-order valence-corrected chi connectivity index (χ0v) is 18.7. The number of aliphatic hydroxyl groups is 1. The Balaban J connectivity index is 0.00000420. The van der Waals surface area contributed by atoms with Crippen molar-refractivity contribution in [1.82, 2.24) is 10.6 Å². The number of hydrogen-bond donors (Lipinski definition) is 3. The Morgan fingerprint density at radius 1 is 1.21 bits per heavy atom. The number of benzene rings is 1. The van der Waals surface area contributed by atoms with E-state index >= 15 is 0 Å². The first-order chi connectivity index (χ1) is 13.3. The first-order valence-corrected chi connectivity index (χ1v) is 9.22. The minimum Gasteiger partial charge on any atom is -0.467 e. The van der Waals surface area contributed by atoms with Crippen LogP contribution in [0.25, 0.3) is 0 Å². The summed E-state index contributed by atoms with van der Waals surface area (Å²) in [7, 11) is 0. The predicted octanol–water partition coefficient (Wildman–Crippen LogP) is 4.70. The third-order valence-electron chi connectivity index (χ3n) is 4.29. The van der Waals surface area contributed by atoms with Crippen LogP contribution in [-0.4, -0.2) is 30.7 Å². The molecule has 3 N–H and O–H groups in total. The lowest BCUT2D eigenvalue weighted by Crippen LogP contribution is -2.38. The number of guanidine groups is 1. The van der Waals surface area contributed by atoms with Gasteiger partial charge in [0, 0.05) is 13.1 Å². The van der Waals surface area contributed by atoms with Crippen molar-refractivity contribution in [2.75, 3.05) is 19.6 Å². The normalized spacial score (nSPS) is 14.1. The summed E-state index contributed by atoms with van der Waals surface area (Å²) in [5.74, 6) is 0.925. The second kappa shape index (κ2) is 12.1. The highest BCUT2D eigenvalue weighted by Gasteiger charge is 2.30. The fourth-order valence-corrected chi connectivity index (χ4v) is 2.69. The third-order valence-corrected chi connectivity index (χ3v) is 4.29. The largest absolute Gasteiger partial charge is 0.467 e. The molecule has 0 aliphatic rings. The molecule has 0 amide bonds. The lowest BCUT2D eigenvalue weighted by molar-refractivity contribution is -0.137. The maximum Gasteiger partial charge on any atom is 0.416 e. The van der Waals surface area contributed by atoms with Gasteiger partial charge in [-0.3, -0.25) is 4.99 Å². The number of alkyl halides is 3. The van der Waals surface area contributed by atoms with E-state index in [0.717, 1.165) is 6.07 Å². The van der Waals surface area contributed by atoms with Crippen LogP contribution in [-0.2, 0) is 6.18 Å². The molecule has 1 aromatic heterocycles. The number of rotatable bonds is 8. The van der Waals surface area contributed by atoms with Crippen LogP contribution >= 0.6 is 24.0 Å². The average Bonchev–Trinajstić information content (AvgIpc) is 3.20. The molecular weight excluding hydrogens is 498 g/mol. The van der Waals surface area contributed by atoms with Crippen molar-refractivity contribution in [2.24, 2.45) is 4.99 Å². The van der Waals surface area contributed by atoms with Gasteiger partial charge in [-0.1, -0.05) is 25.1 Å². The van der Waals surface area contributed by atoms with E-state index in [9.17, 15) is 18.3 Å². The summed E-state index contributed by atoms with van der Waals surface area (Å²) in [5, 5.41) is 16.2. The molecule has 2 atom stereocenters. The molecule has 0 saturated carbocycles. The molecule has 5 nitrogen and oxygen atoms in total. The summed E-state index contributed by atoms with van der Waals surface area (Å²) in [6.07, 6.45) is -3.06. The molecule has 0 spiro atoms. The second-order valence-electron chi connectivity index (χ2n) is 6.49. The van der Waals surface area contributed by atoms with Gasteiger partial charge < -0.3 is 20.2 Å². The van der Waals surface area contributed by atoms with Crippen molar-refractivity contribution in [2.45, 2.75) is 38.5 Å². The maximum atomic E-state index is 12.9. The number of aliphatic hydroxyl groups excluding tert-OH is 1. The Kier molecular flexibility index (Phi) is 10.5. The standard InChI is InChI=1S/C20H26F3N3O2.HI/c1-3-24-19(26-13-17(27)18-8-5-11-28-18)25-10-9-14(2)15-6-4-7-16(12-15)20(21,22)23;/h4-8,11-12,14,17,27H,3,9-10,13H2,1-2H3,(H2,24,25,26);1H. The van der Waals surface area contributed by atoms with Crippen LogP contribution in [0.4, 0.5) is 13.2 Å². The van der Waals surface area contributed by atoms with Crippen LogP contribution in [0.15, 0.2) is 52.1 Å². The van der Waals surface area contributed by atoms with E-state index in [0.29, 0.717) is 36.8 Å². The molecule has 0 bridgehead atoms. The van der Waals surface area contributed by atoms with Crippen LogP contribution in [0.5, 0.6) is 0 Å². The molecule has 2 aromatic rings. The van der Waals surface area contributed by atoms with Crippen molar-refractivity contribution in [3.05, 3.63) is 59.5 Å². The fourth-order valence-electron chi connectivity index (χ4n) is 2.69. The minimum atomic E-state index is -4.34. The monoisotopic (exact) mass is 525 g/mol. The molecule has 0 fully saturated rings. The Labute approximate surface area is 185 Å². The molecule has 29 heavy (non-hydrogen) atoms. The van der Waals surface area contributed by atoms with Gasteiger partial charge >= 0.3 is 6.18 Å². The van der Waals surface area contributed by atoms with Crippen LogP contribution in [0, 0.1) is 0 Å². The lowest BCUT2D eigenvalue weighted by atomic mass is 9.96. The van der Waals surface area contributed by atoms with E-state index in [1.807, 2.05) is 13.8 Å². The number of halogens is 4. The maximum absolute atomic E-state index is 12.9. The zero-order valence-electron chi connectivity index (χ0n) is 16.4. The number of hydrogen-bond acceptors (Lipinski definition) is 3. The first-order valence-electron chi connectivity index (χ1n) is 9.22. The van der Waals surface area contributed by atoms with Gasteiger partial charge in [-0.05, 0) is 43.0 Å². The van der Waals surface area contributed by atoms with Crippen LogP contribution in [0.1, 0.15) is 49.2 Å². The van der Waals surface area contributed by atoms with E-state index in [4.69, 9.17) is 4.42 Å². The van der Waals surface area contributed by atoms with E-state index in [1.54, 1.807) is 18.2 Å². The SMILES string of the molecule is CCNC(=NCC(O)c1ccco1)NCCC(C)c1cccc(C(F)(F)F)c1.I. The molecule has 0 aliphatic heterocycles. The first kappa shape index (κ1) is 25.3. The van der Waals surface area contributed by atoms with E-state index < -0.39 is 17.8 Å². The van der Waals surface area contributed by atoms with Gasteiger partial charge in [-0.15, -0.1) is 24.0 Å². The number of aliphatic imine (C=N–C) groups is 1. The van der Waals surface area contributed by atoms with Crippen LogP contribution < -0.4 is 10.6 Å². The lowest BCUT2D eigenvalue weighted by Gasteiger charge is -2.16. The molecular formula is C20H27F3IN3O2. The number of furan rings is 1. The summed E-state index contributed by atoms with van der Waals surface area (Å²) >= 11 is 0. The van der Waals surface area contributed by atoms with Crippen molar-refractivity contribution in [1.29, 1.82) is 0 Å². The fraction of sp³-hybridized carbons (Fsp3) is 0.450. The van der Waals surface area contributed by atoms with Gasteiger partial charge in [0.15, 0.2) is 5.96 Å². The van der Waals surface area contributed by atoms with Crippen molar-refractivity contribution in [3.63, 3.8) is 0 Å². The Hall–Kier alpha value is -1.75. The molecule has 1 heterocycles.